The van der Waals surface area contributed by atoms with Crippen molar-refractivity contribution in [2.24, 2.45) is 5.10 Å². The average molecular weight is 292 g/mol. The molecule has 4 nitrogen and oxygen atoms in total. The smallest absolute Gasteiger partial charge is 0.192 e. The van der Waals surface area contributed by atoms with Gasteiger partial charge in [0.1, 0.15) is 0 Å². The summed E-state index contributed by atoms with van der Waals surface area (Å²) in [6, 6.07) is 0. The molecule has 1 aromatic rings. The summed E-state index contributed by atoms with van der Waals surface area (Å²) >= 11 is 1.87. The van der Waals surface area contributed by atoms with E-state index in [2.05, 4.69) is 10.2 Å². The molecule has 0 bridgehead atoms. The monoisotopic (exact) mass is 292 g/mol. The van der Waals surface area contributed by atoms with Gasteiger partial charge in [-0.15, -0.1) is 10.2 Å². The lowest BCUT2D eigenvalue weighted by atomic mass is 9.99. The van der Waals surface area contributed by atoms with Gasteiger partial charge < -0.3 is 0 Å². The van der Waals surface area contributed by atoms with E-state index in [1.54, 1.807) is 0 Å². The minimum absolute atomic E-state index is 0.533. The molecule has 1 aromatic heterocycles. The Morgan fingerprint density at radius 2 is 1.65 bits per heavy atom. The number of fused-ring (bicyclic) bond motifs is 2. The zero-order valence-electron chi connectivity index (χ0n) is 12.3. The van der Waals surface area contributed by atoms with E-state index >= 15 is 0 Å². The molecule has 0 aromatic carbocycles. The van der Waals surface area contributed by atoms with E-state index in [-0.39, 0.29) is 0 Å². The third-order valence-corrected chi connectivity index (χ3v) is 5.52. The van der Waals surface area contributed by atoms with E-state index in [0.29, 0.717) is 5.25 Å². The van der Waals surface area contributed by atoms with Crippen LogP contribution in [0, 0.1) is 6.92 Å². The van der Waals surface area contributed by atoms with Crippen molar-refractivity contribution in [3.63, 3.8) is 0 Å². The van der Waals surface area contributed by atoms with Gasteiger partial charge in [-0.1, -0.05) is 56.7 Å². The Balaban J connectivity index is 1.75. The zero-order chi connectivity index (χ0) is 13.8. The SMILES string of the molecule is Cc1nnc2n1N=C1CCCCCCCCCCC1S2. The standard InChI is InChI=1S/C15H24N4S/c1-12-16-17-15-19(12)18-13-10-8-6-4-2-3-5-7-9-11-14(13)20-15/h14H,2-11H2,1H3. The number of hydrogen-bond acceptors (Lipinski definition) is 4. The van der Waals surface area contributed by atoms with Crippen molar-refractivity contribution in [1.29, 1.82) is 0 Å². The number of nitrogens with zero attached hydrogens (tertiary/aromatic N) is 4. The van der Waals surface area contributed by atoms with Crippen LogP contribution in [0.5, 0.6) is 0 Å². The molecule has 1 aliphatic heterocycles. The van der Waals surface area contributed by atoms with Crippen LogP contribution in [0.4, 0.5) is 0 Å². The third kappa shape index (κ3) is 3.25. The van der Waals surface area contributed by atoms with E-state index in [9.17, 15) is 0 Å². The molecule has 20 heavy (non-hydrogen) atoms. The van der Waals surface area contributed by atoms with Crippen LogP contribution in [0.3, 0.4) is 0 Å². The molecule has 1 fully saturated rings. The summed E-state index contributed by atoms with van der Waals surface area (Å²) < 4.78 is 1.93. The normalized spacial score (nSPS) is 24.9. The molecule has 2 heterocycles. The van der Waals surface area contributed by atoms with Crippen LogP contribution >= 0.6 is 11.8 Å². The highest BCUT2D eigenvalue weighted by molar-refractivity contribution is 8.00. The fourth-order valence-electron chi connectivity index (χ4n) is 3.05. The molecule has 0 amide bonds. The average Bonchev–Trinajstić information content (AvgIpc) is 2.79. The molecule has 0 saturated heterocycles. The van der Waals surface area contributed by atoms with Gasteiger partial charge in [-0.2, -0.15) is 9.78 Å². The second kappa shape index (κ2) is 6.74. The van der Waals surface area contributed by atoms with Crippen molar-refractivity contribution >= 4 is 17.5 Å². The molecule has 3 rings (SSSR count). The summed E-state index contributed by atoms with van der Waals surface area (Å²) in [5.74, 6) is 0.907. The fourth-order valence-corrected chi connectivity index (χ4v) is 4.25. The van der Waals surface area contributed by atoms with E-state index in [1.807, 2.05) is 23.4 Å². The summed E-state index contributed by atoms with van der Waals surface area (Å²) in [5.41, 5.74) is 1.37. The molecule has 5 heteroatoms. The molecule has 1 saturated carbocycles. The number of thioether (sulfide) groups is 1. The summed E-state index contributed by atoms with van der Waals surface area (Å²) in [4.78, 5) is 0. The third-order valence-electron chi connectivity index (χ3n) is 4.26. The highest BCUT2D eigenvalue weighted by atomic mass is 32.2. The Bertz CT molecular complexity index is 480. The Kier molecular flexibility index (Phi) is 4.76. The Labute approximate surface area is 125 Å². The quantitative estimate of drug-likeness (QED) is 0.720. The lowest BCUT2D eigenvalue weighted by molar-refractivity contribution is 0.553. The van der Waals surface area contributed by atoms with E-state index in [1.165, 1.54) is 63.5 Å². The number of hydrogen-bond donors (Lipinski definition) is 0. The summed E-state index contributed by atoms with van der Waals surface area (Å²) in [7, 11) is 0. The molecule has 0 spiro atoms. The molecule has 2 aliphatic rings. The first kappa shape index (κ1) is 14.1. The lowest BCUT2D eigenvalue weighted by Gasteiger charge is -2.23. The predicted octanol–water partition coefficient (Wildman–Crippen LogP) is 4.18. The second-order valence-electron chi connectivity index (χ2n) is 5.91. The van der Waals surface area contributed by atoms with Gasteiger partial charge in [-0.25, -0.2) is 0 Å². The Hall–Kier alpha value is -0.840. The molecule has 110 valence electrons. The molecular weight excluding hydrogens is 268 g/mol. The Morgan fingerprint density at radius 1 is 0.950 bits per heavy atom. The van der Waals surface area contributed by atoms with Crippen LogP contribution in [-0.4, -0.2) is 25.8 Å². The van der Waals surface area contributed by atoms with Crippen LogP contribution in [-0.2, 0) is 0 Å². The molecule has 1 aliphatic carbocycles. The first-order valence-electron chi connectivity index (χ1n) is 8.01. The minimum Gasteiger partial charge on any atom is -0.192 e. The highest BCUT2D eigenvalue weighted by Gasteiger charge is 2.26. The summed E-state index contributed by atoms with van der Waals surface area (Å²) in [6.45, 7) is 1.98. The van der Waals surface area contributed by atoms with Crippen molar-refractivity contribution in [3.05, 3.63) is 5.82 Å². The molecule has 0 radical (unpaired) electrons. The summed E-state index contributed by atoms with van der Waals surface area (Å²) in [5, 5.41) is 14.8. The van der Waals surface area contributed by atoms with E-state index in [4.69, 9.17) is 5.10 Å². The van der Waals surface area contributed by atoms with Gasteiger partial charge in [-0.05, 0) is 26.2 Å². The number of aryl methyl sites for hydroxylation is 1. The van der Waals surface area contributed by atoms with Crippen molar-refractivity contribution in [2.45, 2.75) is 81.5 Å². The maximum Gasteiger partial charge on any atom is 0.212 e. The van der Waals surface area contributed by atoms with Gasteiger partial charge in [-0.3, -0.25) is 0 Å². The lowest BCUT2D eigenvalue weighted by Crippen LogP contribution is -2.23. The molecule has 0 N–H and O–H groups in total. The van der Waals surface area contributed by atoms with Gasteiger partial charge in [0.25, 0.3) is 0 Å². The van der Waals surface area contributed by atoms with E-state index in [0.717, 1.165) is 17.4 Å². The molecule has 1 unspecified atom stereocenters. The van der Waals surface area contributed by atoms with Crippen molar-refractivity contribution in [2.75, 3.05) is 0 Å². The van der Waals surface area contributed by atoms with Gasteiger partial charge in [0.2, 0.25) is 5.16 Å². The van der Waals surface area contributed by atoms with Crippen LogP contribution in [0.15, 0.2) is 10.3 Å². The van der Waals surface area contributed by atoms with Crippen molar-refractivity contribution < 1.29 is 0 Å². The molecule has 1 atom stereocenters. The fraction of sp³-hybridized carbons (Fsp3) is 0.800. The minimum atomic E-state index is 0.533. The maximum atomic E-state index is 4.84. The summed E-state index contributed by atoms with van der Waals surface area (Å²) in [6.07, 6.45) is 13.4. The van der Waals surface area contributed by atoms with E-state index < -0.39 is 0 Å². The van der Waals surface area contributed by atoms with Crippen LogP contribution in [0.1, 0.15) is 70.0 Å². The van der Waals surface area contributed by atoms with Crippen LogP contribution in [0.2, 0.25) is 0 Å². The first-order valence-corrected chi connectivity index (χ1v) is 8.89. The predicted molar refractivity (Wildman–Crippen MR) is 83.4 cm³/mol. The maximum absolute atomic E-state index is 4.84. The Morgan fingerprint density at radius 3 is 2.45 bits per heavy atom. The van der Waals surface area contributed by atoms with Gasteiger partial charge in [0.05, 0.1) is 11.0 Å². The van der Waals surface area contributed by atoms with Gasteiger partial charge >= 0.3 is 0 Å². The largest absolute Gasteiger partial charge is 0.212 e. The number of rotatable bonds is 0. The van der Waals surface area contributed by atoms with Crippen LogP contribution in [0.25, 0.3) is 0 Å². The van der Waals surface area contributed by atoms with Gasteiger partial charge in [0, 0.05) is 0 Å². The zero-order valence-corrected chi connectivity index (χ0v) is 13.2. The first-order chi connectivity index (χ1) is 9.84. The topological polar surface area (TPSA) is 43.1 Å². The molecular formula is C15H24N4S. The van der Waals surface area contributed by atoms with Crippen molar-refractivity contribution in [3.8, 4) is 0 Å². The number of aromatic nitrogens is 3. The van der Waals surface area contributed by atoms with Crippen LogP contribution < -0.4 is 0 Å². The van der Waals surface area contributed by atoms with Gasteiger partial charge in [0.15, 0.2) is 5.82 Å². The van der Waals surface area contributed by atoms with Crippen molar-refractivity contribution in [1.82, 2.24) is 14.9 Å². The highest BCUT2D eigenvalue weighted by Crippen LogP contribution is 2.33. The second-order valence-corrected chi connectivity index (χ2v) is 7.08.